The SMILES string of the molecule is CC(C)Nc1cccc(C(=O)NC(c2nc3ccccc3[nH]2)C(C)C)c1. The summed E-state index contributed by atoms with van der Waals surface area (Å²) < 4.78 is 0. The first-order valence-corrected chi connectivity index (χ1v) is 9.06. The number of fused-ring (bicyclic) bond motifs is 1. The highest BCUT2D eigenvalue weighted by Crippen LogP contribution is 2.23. The van der Waals surface area contributed by atoms with Crippen molar-refractivity contribution in [3.63, 3.8) is 0 Å². The second-order valence-corrected chi connectivity index (χ2v) is 7.21. The van der Waals surface area contributed by atoms with E-state index in [9.17, 15) is 4.79 Å². The first-order chi connectivity index (χ1) is 12.4. The van der Waals surface area contributed by atoms with Crippen LogP contribution in [0.4, 0.5) is 5.69 Å². The van der Waals surface area contributed by atoms with Crippen molar-refractivity contribution >= 4 is 22.6 Å². The first kappa shape index (κ1) is 18.0. The van der Waals surface area contributed by atoms with Crippen LogP contribution in [0.5, 0.6) is 0 Å². The number of amides is 1. The molecule has 136 valence electrons. The van der Waals surface area contributed by atoms with Gasteiger partial charge in [-0.3, -0.25) is 4.79 Å². The number of nitrogens with zero attached hydrogens (tertiary/aromatic N) is 1. The number of aromatic nitrogens is 2. The highest BCUT2D eigenvalue weighted by Gasteiger charge is 2.22. The maximum atomic E-state index is 12.8. The Kier molecular flexibility index (Phi) is 5.26. The normalized spacial score (nSPS) is 12.5. The Balaban J connectivity index is 1.83. The molecule has 0 aliphatic heterocycles. The number of rotatable bonds is 6. The molecular weight excluding hydrogens is 324 g/mol. The monoisotopic (exact) mass is 350 g/mol. The van der Waals surface area contributed by atoms with E-state index in [1.54, 1.807) is 0 Å². The molecule has 0 saturated carbocycles. The Morgan fingerprint density at radius 3 is 2.50 bits per heavy atom. The highest BCUT2D eigenvalue weighted by molar-refractivity contribution is 5.95. The van der Waals surface area contributed by atoms with Crippen molar-refractivity contribution in [2.24, 2.45) is 5.92 Å². The summed E-state index contributed by atoms with van der Waals surface area (Å²) in [5.41, 5.74) is 3.46. The van der Waals surface area contributed by atoms with Gasteiger partial charge in [0, 0.05) is 17.3 Å². The Morgan fingerprint density at radius 1 is 1.04 bits per heavy atom. The minimum absolute atomic E-state index is 0.100. The lowest BCUT2D eigenvalue weighted by atomic mass is 10.0. The average molecular weight is 350 g/mol. The molecule has 1 aromatic heterocycles. The number of imidazole rings is 1. The van der Waals surface area contributed by atoms with Crippen LogP contribution in [0.3, 0.4) is 0 Å². The summed E-state index contributed by atoms with van der Waals surface area (Å²) in [6.07, 6.45) is 0. The molecule has 1 atom stereocenters. The Morgan fingerprint density at radius 2 is 1.81 bits per heavy atom. The fraction of sp³-hybridized carbons (Fsp3) is 0.333. The molecule has 1 amide bonds. The van der Waals surface area contributed by atoms with Gasteiger partial charge in [-0.2, -0.15) is 0 Å². The summed E-state index contributed by atoms with van der Waals surface area (Å²) in [6.45, 7) is 8.30. The maximum Gasteiger partial charge on any atom is 0.251 e. The third-order valence-electron chi connectivity index (χ3n) is 4.24. The maximum absolute atomic E-state index is 12.8. The van der Waals surface area contributed by atoms with Crippen LogP contribution < -0.4 is 10.6 Å². The molecule has 26 heavy (non-hydrogen) atoms. The molecule has 3 rings (SSSR count). The van der Waals surface area contributed by atoms with E-state index in [0.29, 0.717) is 11.6 Å². The number of H-pyrrole nitrogens is 1. The van der Waals surface area contributed by atoms with Crippen molar-refractivity contribution in [1.29, 1.82) is 0 Å². The van der Waals surface area contributed by atoms with Crippen LogP contribution in [0.15, 0.2) is 48.5 Å². The number of carbonyl (C=O) groups is 1. The quantitative estimate of drug-likeness (QED) is 0.612. The zero-order valence-corrected chi connectivity index (χ0v) is 15.7. The molecule has 0 bridgehead atoms. The van der Waals surface area contributed by atoms with Gasteiger partial charge in [0.25, 0.3) is 5.91 Å². The predicted octanol–water partition coefficient (Wildman–Crippen LogP) is 4.51. The lowest BCUT2D eigenvalue weighted by molar-refractivity contribution is 0.0923. The van der Waals surface area contributed by atoms with Crippen molar-refractivity contribution in [2.75, 3.05) is 5.32 Å². The molecular formula is C21H26N4O. The first-order valence-electron chi connectivity index (χ1n) is 9.06. The van der Waals surface area contributed by atoms with Crippen LogP contribution in [0, 0.1) is 5.92 Å². The summed E-state index contributed by atoms with van der Waals surface area (Å²) in [5, 5.41) is 6.46. The molecule has 0 aliphatic carbocycles. The van der Waals surface area contributed by atoms with Crippen molar-refractivity contribution in [3.8, 4) is 0 Å². The molecule has 0 aliphatic rings. The van der Waals surface area contributed by atoms with Crippen molar-refractivity contribution in [2.45, 2.75) is 39.8 Å². The van der Waals surface area contributed by atoms with Crippen LogP contribution in [0.25, 0.3) is 11.0 Å². The summed E-state index contributed by atoms with van der Waals surface area (Å²) in [7, 11) is 0. The molecule has 1 unspecified atom stereocenters. The molecule has 0 radical (unpaired) electrons. The summed E-state index contributed by atoms with van der Waals surface area (Å²) in [4.78, 5) is 20.8. The van der Waals surface area contributed by atoms with Crippen LogP contribution >= 0.6 is 0 Å². The van der Waals surface area contributed by atoms with E-state index in [1.807, 2.05) is 48.5 Å². The third-order valence-corrected chi connectivity index (χ3v) is 4.24. The minimum Gasteiger partial charge on any atom is -0.383 e. The molecule has 1 heterocycles. The van der Waals surface area contributed by atoms with Gasteiger partial charge in [0.15, 0.2) is 0 Å². The molecule has 3 aromatic rings. The summed E-state index contributed by atoms with van der Waals surface area (Å²) >= 11 is 0. The van der Waals surface area contributed by atoms with E-state index in [1.165, 1.54) is 0 Å². The number of nitrogens with one attached hydrogen (secondary N) is 3. The van der Waals surface area contributed by atoms with E-state index in [2.05, 4.69) is 48.3 Å². The van der Waals surface area contributed by atoms with Gasteiger partial charge in [-0.15, -0.1) is 0 Å². The second kappa shape index (κ2) is 7.60. The topological polar surface area (TPSA) is 69.8 Å². The van der Waals surface area contributed by atoms with Crippen LogP contribution in [0.1, 0.15) is 49.9 Å². The molecule has 2 aromatic carbocycles. The van der Waals surface area contributed by atoms with E-state index in [0.717, 1.165) is 22.5 Å². The molecule has 5 nitrogen and oxygen atoms in total. The second-order valence-electron chi connectivity index (χ2n) is 7.21. The molecule has 0 fully saturated rings. The average Bonchev–Trinajstić information content (AvgIpc) is 3.02. The zero-order chi connectivity index (χ0) is 18.7. The van der Waals surface area contributed by atoms with Gasteiger partial charge in [-0.1, -0.05) is 32.0 Å². The largest absolute Gasteiger partial charge is 0.383 e. The van der Waals surface area contributed by atoms with Gasteiger partial charge < -0.3 is 15.6 Å². The van der Waals surface area contributed by atoms with Gasteiger partial charge in [-0.05, 0) is 50.1 Å². The number of anilines is 1. The highest BCUT2D eigenvalue weighted by atomic mass is 16.1. The number of aromatic amines is 1. The number of benzene rings is 2. The van der Waals surface area contributed by atoms with Crippen molar-refractivity contribution in [3.05, 3.63) is 59.9 Å². The zero-order valence-electron chi connectivity index (χ0n) is 15.7. The Labute approximate surface area is 154 Å². The van der Waals surface area contributed by atoms with Crippen LogP contribution in [-0.2, 0) is 0 Å². The van der Waals surface area contributed by atoms with Gasteiger partial charge in [-0.25, -0.2) is 4.98 Å². The fourth-order valence-corrected chi connectivity index (χ4v) is 2.98. The minimum atomic E-state index is -0.184. The number of para-hydroxylation sites is 2. The Hall–Kier alpha value is -2.82. The number of carbonyl (C=O) groups excluding carboxylic acids is 1. The summed E-state index contributed by atoms with van der Waals surface area (Å²) in [5.74, 6) is 0.888. The van der Waals surface area contributed by atoms with Gasteiger partial charge in [0.2, 0.25) is 0 Å². The predicted molar refractivity (Wildman–Crippen MR) is 106 cm³/mol. The lowest BCUT2D eigenvalue weighted by Gasteiger charge is -2.20. The number of hydrogen-bond acceptors (Lipinski definition) is 3. The van der Waals surface area contributed by atoms with Crippen molar-refractivity contribution < 1.29 is 4.79 Å². The summed E-state index contributed by atoms with van der Waals surface area (Å²) in [6, 6.07) is 15.6. The molecule has 3 N–H and O–H groups in total. The van der Waals surface area contributed by atoms with Gasteiger partial charge in [0.05, 0.1) is 17.1 Å². The smallest absolute Gasteiger partial charge is 0.251 e. The van der Waals surface area contributed by atoms with E-state index in [4.69, 9.17) is 0 Å². The fourth-order valence-electron chi connectivity index (χ4n) is 2.98. The van der Waals surface area contributed by atoms with Crippen molar-refractivity contribution in [1.82, 2.24) is 15.3 Å². The molecule has 0 spiro atoms. The molecule has 0 saturated heterocycles. The molecule has 5 heteroatoms. The lowest BCUT2D eigenvalue weighted by Crippen LogP contribution is -2.32. The number of hydrogen-bond donors (Lipinski definition) is 3. The van der Waals surface area contributed by atoms with Gasteiger partial charge >= 0.3 is 0 Å². The van der Waals surface area contributed by atoms with E-state index in [-0.39, 0.29) is 17.9 Å². The van der Waals surface area contributed by atoms with Gasteiger partial charge in [0.1, 0.15) is 5.82 Å². The van der Waals surface area contributed by atoms with Crippen LogP contribution in [0.2, 0.25) is 0 Å². The third kappa shape index (κ3) is 4.04. The Bertz CT molecular complexity index is 865. The van der Waals surface area contributed by atoms with E-state index >= 15 is 0 Å². The van der Waals surface area contributed by atoms with Crippen LogP contribution in [-0.4, -0.2) is 21.9 Å². The van der Waals surface area contributed by atoms with E-state index < -0.39 is 0 Å². The standard InChI is InChI=1S/C21H26N4O/c1-13(2)19(20-23-17-10-5-6-11-18(17)24-20)25-21(26)15-8-7-9-16(12-15)22-14(3)4/h5-14,19,22H,1-4H3,(H,23,24)(H,25,26).